The molecule has 0 aromatic heterocycles. The highest BCUT2D eigenvalue weighted by atomic mass is 16.2. The molecule has 0 radical (unpaired) electrons. The maximum Gasteiger partial charge on any atom is 0.282 e. The lowest BCUT2D eigenvalue weighted by Gasteiger charge is -2.20. The van der Waals surface area contributed by atoms with Crippen molar-refractivity contribution < 1.29 is 14.5 Å². The van der Waals surface area contributed by atoms with Crippen LogP contribution < -0.4 is 15.5 Å². The number of aryl methyl sites for hydroxylation is 1. The third kappa shape index (κ3) is 4.96. The molecule has 0 aliphatic carbocycles. The lowest BCUT2D eigenvalue weighted by molar-refractivity contribution is -0.885. The highest BCUT2D eigenvalue weighted by molar-refractivity contribution is 5.96. The van der Waals surface area contributed by atoms with E-state index in [0.29, 0.717) is 0 Å². The average molecular weight is 376 g/mol. The zero-order chi connectivity index (χ0) is 20.1. The first-order valence-corrected chi connectivity index (χ1v) is 9.41. The van der Waals surface area contributed by atoms with Gasteiger partial charge in [-0.2, -0.15) is 0 Å². The molecule has 5 nitrogen and oxygen atoms in total. The summed E-state index contributed by atoms with van der Waals surface area (Å²) in [6.07, 6.45) is 0. The Balaban J connectivity index is 1.56. The number of anilines is 2. The second-order valence-corrected chi connectivity index (χ2v) is 7.21. The number of rotatable bonds is 6. The third-order valence-electron chi connectivity index (χ3n) is 4.92. The van der Waals surface area contributed by atoms with Gasteiger partial charge in [-0.05, 0) is 48.9 Å². The second kappa shape index (κ2) is 8.67. The minimum absolute atomic E-state index is 0.115. The van der Waals surface area contributed by atoms with Gasteiger partial charge in [0.25, 0.3) is 11.8 Å². The molecule has 0 fully saturated rings. The van der Waals surface area contributed by atoms with Gasteiger partial charge in [0.1, 0.15) is 0 Å². The lowest BCUT2D eigenvalue weighted by Crippen LogP contribution is -3.14. The normalized spacial score (nSPS) is 13.0. The molecule has 0 aliphatic rings. The Hall–Kier alpha value is -3.18. The lowest BCUT2D eigenvalue weighted by atomic mass is 10.1. The van der Waals surface area contributed by atoms with Crippen molar-refractivity contribution >= 4 is 34.0 Å². The van der Waals surface area contributed by atoms with Gasteiger partial charge in [-0.1, -0.05) is 48.0 Å². The van der Waals surface area contributed by atoms with Gasteiger partial charge in [0.2, 0.25) is 0 Å². The minimum Gasteiger partial charge on any atom is -0.321 e. The number of quaternary nitrogens is 1. The number of hydrogen-bond acceptors (Lipinski definition) is 2. The summed E-state index contributed by atoms with van der Waals surface area (Å²) >= 11 is 0. The number of fused-ring (bicyclic) bond motifs is 1. The Kier molecular flexibility index (Phi) is 6.06. The van der Waals surface area contributed by atoms with Gasteiger partial charge < -0.3 is 15.5 Å². The van der Waals surface area contributed by atoms with Gasteiger partial charge in [-0.25, -0.2) is 0 Å². The molecule has 3 aromatic carbocycles. The summed E-state index contributed by atoms with van der Waals surface area (Å²) in [7, 11) is 1.85. The van der Waals surface area contributed by atoms with E-state index in [1.165, 1.54) is 0 Å². The van der Waals surface area contributed by atoms with Gasteiger partial charge in [-0.15, -0.1) is 0 Å². The Morgan fingerprint density at radius 2 is 1.54 bits per heavy atom. The van der Waals surface area contributed by atoms with Crippen LogP contribution in [0.2, 0.25) is 0 Å². The fraction of sp³-hybridized carbons (Fsp3) is 0.217. The Labute approximate surface area is 165 Å². The van der Waals surface area contributed by atoms with Gasteiger partial charge in [-0.3, -0.25) is 9.59 Å². The summed E-state index contributed by atoms with van der Waals surface area (Å²) < 4.78 is 0. The topological polar surface area (TPSA) is 62.6 Å². The molecule has 0 saturated carbocycles. The quantitative estimate of drug-likeness (QED) is 0.619. The van der Waals surface area contributed by atoms with E-state index in [9.17, 15) is 9.59 Å². The van der Waals surface area contributed by atoms with E-state index in [0.717, 1.165) is 32.6 Å². The van der Waals surface area contributed by atoms with E-state index in [1.54, 1.807) is 0 Å². The maximum atomic E-state index is 12.6. The van der Waals surface area contributed by atoms with E-state index in [4.69, 9.17) is 0 Å². The third-order valence-corrected chi connectivity index (χ3v) is 4.92. The second-order valence-electron chi connectivity index (χ2n) is 7.21. The maximum absolute atomic E-state index is 12.6. The summed E-state index contributed by atoms with van der Waals surface area (Å²) in [5, 5.41) is 8.03. The number of carbonyl (C=O) groups excluding carboxylic acids is 2. The summed E-state index contributed by atoms with van der Waals surface area (Å²) in [5.74, 6) is -0.234. The van der Waals surface area contributed by atoms with Crippen LogP contribution in [0.25, 0.3) is 10.8 Å². The highest BCUT2D eigenvalue weighted by Crippen LogP contribution is 2.18. The van der Waals surface area contributed by atoms with Crippen LogP contribution in [-0.2, 0) is 9.59 Å². The zero-order valence-corrected chi connectivity index (χ0v) is 16.5. The minimum atomic E-state index is -0.366. The van der Waals surface area contributed by atoms with E-state index in [1.807, 2.05) is 87.6 Å². The predicted molar refractivity (Wildman–Crippen MR) is 114 cm³/mol. The average Bonchev–Trinajstić information content (AvgIpc) is 2.69. The number of nitrogens with one attached hydrogen (secondary N) is 3. The monoisotopic (exact) mass is 376 g/mol. The smallest absolute Gasteiger partial charge is 0.282 e. The van der Waals surface area contributed by atoms with Crippen molar-refractivity contribution in [3.8, 4) is 0 Å². The molecule has 0 heterocycles. The summed E-state index contributed by atoms with van der Waals surface area (Å²) in [4.78, 5) is 25.7. The van der Waals surface area contributed by atoms with Gasteiger partial charge in [0.15, 0.2) is 12.6 Å². The predicted octanol–water partition coefficient (Wildman–Crippen LogP) is 2.63. The van der Waals surface area contributed by atoms with Crippen molar-refractivity contribution in [3.63, 3.8) is 0 Å². The molecule has 28 heavy (non-hydrogen) atoms. The van der Waals surface area contributed by atoms with Crippen LogP contribution in [0.5, 0.6) is 0 Å². The van der Waals surface area contributed by atoms with Crippen molar-refractivity contribution in [2.45, 2.75) is 19.9 Å². The molecule has 0 saturated heterocycles. The van der Waals surface area contributed by atoms with Crippen LogP contribution in [0.15, 0.2) is 66.7 Å². The van der Waals surface area contributed by atoms with Crippen LogP contribution in [0, 0.1) is 6.92 Å². The van der Waals surface area contributed by atoms with Crippen molar-refractivity contribution in [1.29, 1.82) is 0 Å². The highest BCUT2D eigenvalue weighted by Gasteiger charge is 2.24. The van der Waals surface area contributed by atoms with E-state index in [-0.39, 0.29) is 24.4 Å². The molecule has 0 bridgehead atoms. The number of carbonyl (C=O) groups is 2. The summed E-state index contributed by atoms with van der Waals surface area (Å²) in [6.45, 7) is 4.03. The Morgan fingerprint density at radius 1 is 0.893 bits per heavy atom. The number of benzene rings is 3. The van der Waals surface area contributed by atoms with Crippen LogP contribution in [0.3, 0.4) is 0 Å². The first-order chi connectivity index (χ1) is 13.4. The largest absolute Gasteiger partial charge is 0.321 e. The fourth-order valence-corrected chi connectivity index (χ4v) is 2.99. The van der Waals surface area contributed by atoms with Crippen molar-refractivity contribution in [2.24, 2.45) is 0 Å². The van der Waals surface area contributed by atoms with E-state index in [2.05, 4.69) is 10.6 Å². The van der Waals surface area contributed by atoms with Gasteiger partial charge >= 0.3 is 0 Å². The molecule has 1 unspecified atom stereocenters. The van der Waals surface area contributed by atoms with Crippen LogP contribution in [0.1, 0.15) is 12.5 Å². The van der Waals surface area contributed by atoms with Gasteiger partial charge in [0.05, 0.1) is 7.05 Å². The Morgan fingerprint density at radius 3 is 2.25 bits per heavy atom. The molecule has 0 aliphatic heterocycles. The SMILES string of the molecule is Cc1ccc(NC(=O)C[NH+](C)[C@@H](C)C(=O)Nc2ccc3ccccc3c2)cc1. The van der Waals surface area contributed by atoms with E-state index >= 15 is 0 Å². The fourth-order valence-electron chi connectivity index (χ4n) is 2.99. The van der Waals surface area contributed by atoms with Gasteiger partial charge in [0, 0.05) is 11.4 Å². The molecular weight excluding hydrogens is 350 g/mol. The van der Waals surface area contributed by atoms with Crippen LogP contribution >= 0.6 is 0 Å². The first kappa shape index (κ1) is 19.6. The molecule has 3 rings (SSSR count). The molecule has 3 aromatic rings. The summed E-state index contributed by atoms with van der Waals surface area (Å²) in [6, 6.07) is 21.1. The van der Waals surface area contributed by atoms with Crippen LogP contribution in [-0.4, -0.2) is 31.4 Å². The van der Waals surface area contributed by atoms with E-state index < -0.39 is 0 Å². The molecule has 2 atom stereocenters. The standard InChI is InChI=1S/C23H25N3O2/c1-16-8-11-20(12-9-16)24-22(27)15-26(3)17(2)23(28)25-21-13-10-18-6-4-5-7-19(18)14-21/h4-14,17H,15H2,1-3H3,(H,24,27)(H,25,28)/p+1/t17-/m0/s1. The first-order valence-electron chi connectivity index (χ1n) is 9.41. The molecular formula is C23H26N3O2+. The van der Waals surface area contributed by atoms with Crippen molar-refractivity contribution in [1.82, 2.24) is 0 Å². The number of likely N-dealkylation sites (N-methyl/N-ethyl adjacent to an activating group) is 1. The molecule has 3 N–H and O–H groups in total. The molecule has 144 valence electrons. The van der Waals surface area contributed by atoms with Crippen LogP contribution in [0.4, 0.5) is 11.4 Å². The number of amides is 2. The van der Waals surface area contributed by atoms with Crippen molar-refractivity contribution in [3.05, 3.63) is 72.3 Å². The zero-order valence-electron chi connectivity index (χ0n) is 16.5. The summed E-state index contributed by atoms with van der Waals surface area (Å²) in [5.41, 5.74) is 2.66. The Bertz CT molecular complexity index is 983. The molecule has 5 heteroatoms. The molecule has 2 amide bonds. The van der Waals surface area contributed by atoms with Crippen molar-refractivity contribution in [2.75, 3.05) is 24.2 Å². The molecule has 0 spiro atoms. The number of hydrogen-bond donors (Lipinski definition) is 3.